The van der Waals surface area contributed by atoms with E-state index in [-0.39, 0.29) is 30.3 Å². The van der Waals surface area contributed by atoms with Crippen molar-refractivity contribution < 1.29 is 19.2 Å². The molecule has 1 unspecified atom stereocenters. The highest BCUT2D eigenvalue weighted by Gasteiger charge is 2.25. The molecule has 2 aromatic rings. The van der Waals surface area contributed by atoms with Crippen molar-refractivity contribution in [2.75, 3.05) is 18.0 Å². The number of rotatable bonds is 9. The van der Waals surface area contributed by atoms with Crippen molar-refractivity contribution in [2.24, 2.45) is 0 Å². The Balaban J connectivity index is 1.61. The maximum atomic E-state index is 12.1. The molecule has 29 heavy (non-hydrogen) atoms. The molecule has 1 atom stereocenters. The van der Waals surface area contributed by atoms with E-state index in [1.165, 1.54) is 0 Å². The zero-order valence-corrected chi connectivity index (χ0v) is 16.4. The number of anilines is 1. The zero-order chi connectivity index (χ0) is 20.8. The van der Waals surface area contributed by atoms with Crippen LogP contribution in [0, 0.1) is 10.1 Å². The van der Waals surface area contributed by atoms with Gasteiger partial charge in [0.2, 0.25) is 6.04 Å². The number of nitrogens with zero attached hydrogens (tertiary/aromatic N) is 2. The third kappa shape index (κ3) is 5.19. The van der Waals surface area contributed by atoms with E-state index in [4.69, 9.17) is 4.74 Å². The smallest absolute Gasteiger partial charge is 0.307 e. The van der Waals surface area contributed by atoms with Gasteiger partial charge in [0.25, 0.3) is 0 Å². The Labute approximate surface area is 169 Å². The molecule has 0 saturated carbocycles. The van der Waals surface area contributed by atoms with Crippen molar-refractivity contribution >= 4 is 17.9 Å². The third-order valence-electron chi connectivity index (χ3n) is 5.09. The highest BCUT2D eigenvalue weighted by atomic mass is 16.6. The first-order chi connectivity index (χ1) is 14.0. The fraction of sp³-hybridized carbons (Fsp3) is 0.364. The van der Waals surface area contributed by atoms with Gasteiger partial charge in [0.15, 0.2) is 6.29 Å². The monoisotopic (exact) mass is 396 g/mol. The van der Waals surface area contributed by atoms with Crippen LogP contribution in [0.1, 0.15) is 40.4 Å². The van der Waals surface area contributed by atoms with Crippen LogP contribution in [-0.2, 0) is 29.0 Å². The summed E-state index contributed by atoms with van der Waals surface area (Å²) in [4.78, 5) is 36.3. The summed E-state index contributed by atoms with van der Waals surface area (Å²) in [5, 5.41) is 10.9. The number of esters is 1. The van der Waals surface area contributed by atoms with E-state index in [9.17, 15) is 19.7 Å². The molecular weight excluding hydrogens is 372 g/mol. The number of carbonyl (C=O) groups excluding carboxylic acids is 2. The second-order valence-electron chi connectivity index (χ2n) is 7.28. The van der Waals surface area contributed by atoms with Gasteiger partial charge in [-0.25, -0.2) is 0 Å². The predicted octanol–water partition coefficient (Wildman–Crippen LogP) is 3.20. The largest absolute Gasteiger partial charge is 0.461 e. The van der Waals surface area contributed by atoms with Crippen LogP contribution in [0.15, 0.2) is 42.5 Å². The first kappa shape index (κ1) is 20.5. The molecule has 0 aromatic heterocycles. The number of hydrogen-bond donors (Lipinski definition) is 0. The van der Waals surface area contributed by atoms with E-state index >= 15 is 0 Å². The number of hydrogen-bond acceptors (Lipinski definition) is 6. The minimum absolute atomic E-state index is 0.227. The van der Waals surface area contributed by atoms with Crippen LogP contribution in [0.3, 0.4) is 0 Å². The SMILES string of the molecule is CC(Cc1cc(C=O)c2c(c1)CCN2CCC(=O)OCc1ccccc1)[N+](=O)[O-]. The number of carbonyl (C=O) groups is 2. The van der Waals surface area contributed by atoms with Crippen LogP contribution in [0.25, 0.3) is 0 Å². The predicted molar refractivity (Wildman–Crippen MR) is 109 cm³/mol. The van der Waals surface area contributed by atoms with Gasteiger partial charge < -0.3 is 9.64 Å². The summed E-state index contributed by atoms with van der Waals surface area (Å²) in [7, 11) is 0. The average Bonchev–Trinajstić information content (AvgIpc) is 3.13. The molecule has 3 rings (SSSR count). The van der Waals surface area contributed by atoms with E-state index in [1.54, 1.807) is 13.0 Å². The van der Waals surface area contributed by atoms with E-state index in [1.807, 2.05) is 41.3 Å². The van der Waals surface area contributed by atoms with Crippen molar-refractivity contribution in [3.8, 4) is 0 Å². The molecule has 0 fully saturated rings. The number of benzene rings is 2. The van der Waals surface area contributed by atoms with Crippen LogP contribution in [-0.4, -0.2) is 36.3 Å². The van der Waals surface area contributed by atoms with Gasteiger partial charge in [0.05, 0.1) is 12.1 Å². The van der Waals surface area contributed by atoms with Crippen LogP contribution >= 0.6 is 0 Å². The summed E-state index contributed by atoms with van der Waals surface area (Å²) in [6, 6.07) is 12.5. The van der Waals surface area contributed by atoms with Crippen molar-refractivity contribution in [3.05, 3.63) is 74.8 Å². The minimum Gasteiger partial charge on any atom is -0.461 e. The number of nitro groups is 1. The molecule has 2 aromatic carbocycles. The molecule has 0 bridgehead atoms. The summed E-state index contributed by atoms with van der Waals surface area (Å²) >= 11 is 0. The second kappa shape index (κ2) is 9.32. The number of fused-ring (bicyclic) bond motifs is 1. The summed E-state index contributed by atoms with van der Waals surface area (Å²) in [6.07, 6.45) is 2.04. The van der Waals surface area contributed by atoms with Gasteiger partial charge >= 0.3 is 5.97 Å². The molecule has 1 heterocycles. The Morgan fingerprint density at radius 1 is 1.28 bits per heavy atom. The maximum absolute atomic E-state index is 12.1. The molecule has 7 heteroatoms. The normalized spacial score (nSPS) is 13.6. The second-order valence-corrected chi connectivity index (χ2v) is 7.28. The highest BCUT2D eigenvalue weighted by Crippen LogP contribution is 2.33. The highest BCUT2D eigenvalue weighted by molar-refractivity contribution is 5.88. The quantitative estimate of drug-likeness (QED) is 0.280. The van der Waals surface area contributed by atoms with E-state index < -0.39 is 6.04 Å². The molecule has 0 amide bonds. The van der Waals surface area contributed by atoms with Gasteiger partial charge in [0.1, 0.15) is 6.61 Å². The lowest BCUT2D eigenvalue weighted by atomic mass is 9.99. The lowest BCUT2D eigenvalue weighted by Crippen LogP contribution is -2.25. The van der Waals surface area contributed by atoms with Gasteiger partial charge in [-0.15, -0.1) is 0 Å². The number of aldehydes is 1. The van der Waals surface area contributed by atoms with E-state index in [0.29, 0.717) is 18.7 Å². The molecule has 0 aliphatic carbocycles. The zero-order valence-electron chi connectivity index (χ0n) is 16.4. The fourth-order valence-corrected chi connectivity index (χ4v) is 3.61. The lowest BCUT2D eigenvalue weighted by Gasteiger charge is -2.21. The molecule has 1 aliphatic rings. The number of ether oxygens (including phenoxy) is 1. The Bertz CT molecular complexity index is 898. The standard InChI is InChI=1S/C22H24N2O5/c1-16(24(27)28)11-18-12-19-7-9-23(22(19)20(13-18)14-25)10-8-21(26)29-15-17-5-3-2-4-6-17/h2-6,12-14,16H,7-11,15H2,1H3. The van der Waals surface area contributed by atoms with Crippen molar-refractivity contribution in [2.45, 2.75) is 38.8 Å². The average molecular weight is 396 g/mol. The Morgan fingerprint density at radius 3 is 2.72 bits per heavy atom. The fourth-order valence-electron chi connectivity index (χ4n) is 3.61. The summed E-state index contributed by atoms with van der Waals surface area (Å²) in [5.74, 6) is -0.286. The molecule has 152 valence electrons. The van der Waals surface area contributed by atoms with Gasteiger partial charge in [-0.2, -0.15) is 0 Å². The van der Waals surface area contributed by atoms with E-state index in [2.05, 4.69) is 0 Å². The van der Waals surface area contributed by atoms with Gasteiger partial charge in [0, 0.05) is 36.9 Å². The van der Waals surface area contributed by atoms with E-state index in [0.717, 1.165) is 35.1 Å². The molecule has 7 nitrogen and oxygen atoms in total. The molecule has 0 saturated heterocycles. The van der Waals surface area contributed by atoms with Crippen molar-refractivity contribution in [1.82, 2.24) is 0 Å². The lowest BCUT2D eigenvalue weighted by molar-refractivity contribution is -0.517. The van der Waals surface area contributed by atoms with Crippen molar-refractivity contribution in [3.63, 3.8) is 0 Å². The molecule has 0 radical (unpaired) electrons. The molecule has 0 N–H and O–H groups in total. The topological polar surface area (TPSA) is 89.8 Å². The van der Waals surface area contributed by atoms with Crippen LogP contribution < -0.4 is 4.90 Å². The summed E-state index contributed by atoms with van der Waals surface area (Å²) < 4.78 is 5.32. The maximum Gasteiger partial charge on any atom is 0.307 e. The van der Waals surface area contributed by atoms with Crippen molar-refractivity contribution in [1.29, 1.82) is 0 Å². The van der Waals surface area contributed by atoms with Gasteiger partial charge in [-0.1, -0.05) is 36.4 Å². The first-order valence-corrected chi connectivity index (χ1v) is 9.67. The van der Waals surface area contributed by atoms with Crippen LogP contribution in [0.5, 0.6) is 0 Å². The van der Waals surface area contributed by atoms with Crippen LogP contribution in [0.4, 0.5) is 5.69 Å². The Kier molecular flexibility index (Phi) is 6.59. The van der Waals surface area contributed by atoms with Gasteiger partial charge in [-0.3, -0.25) is 19.7 Å². The Morgan fingerprint density at radius 2 is 2.03 bits per heavy atom. The first-order valence-electron chi connectivity index (χ1n) is 9.67. The summed E-state index contributed by atoms with van der Waals surface area (Å²) in [5.41, 5.74) is 4.07. The molecule has 0 spiro atoms. The third-order valence-corrected chi connectivity index (χ3v) is 5.09. The summed E-state index contributed by atoms with van der Waals surface area (Å²) in [6.45, 7) is 2.97. The van der Waals surface area contributed by atoms with Crippen LogP contribution in [0.2, 0.25) is 0 Å². The van der Waals surface area contributed by atoms with Gasteiger partial charge in [-0.05, 0) is 29.2 Å². The molecule has 1 aliphatic heterocycles. The minimum atomic E-state index is -0.704. The Hall–Kier alpha value is -3.22. The molecular formula is C22H24N2O5.